The van der Waals surface area contributed by atoms with Gasteiger partial charge in [-0.05, 0) is 37.1 Å². The lowest BCUT2D eigenvalue weighted by atomic mass is 10.1. The molecule has 0 aromatic heterocycles. The van der Waals surface area contributed by atoms with E-state index in [1.807, 2.05) is 50.2 Å². The van der Waals surface area contributed by atoms with Gasteiger partial charge in [-0.1, -0.05) is 30.3 Å². The van der Waals surface area contributed by atoms with Crippen LogP contribution in [0.4, 0.5) is 5.69 Å². The van der Waals surface area contributed by atoms with E-state index in [0.29, 0.717) is 11.3 Å². The van der Waals surface area contributed by atoms with Gasteiger partial charge in [0.15, 0.2) is 0 Å². The second kappa shape index (κ2) is 5.76. The van der Waals surface area contributed by atoms with Crippen LogP contribution in [-0.4, -0.2) is 11.7 Å². The first-order valence-electron chi connectivity index (χ1n) is 6.30. The Morgan fingerprint density at radius 3 is 2.63 bits per heavy atom. The van der Waals surface area contributed by atoms with Crippen LogP contribution < -0.4 is 10.5 Å². The molecule has 2 aromatic rings. The Morgan fingerprint density at radius 2 is 1.89 bits per heavy atom. The van der Waals surface area contributed by atoms with E-state index < -0.39 is 6.10 Å². The van der Waals surface area contributed by atoms with E-state index in [1.165, 1.54) is 0 Å². The van der Waals surface area contributed by atoms with Gasteiger partial charge in [-0.3, -0.25) is 0 Å². The minimum Gasteiger partial charge on any atom is -0.490 e. The number of hydrogen-bond donors (Lipinski definition) is 2. The van der Waals surface area contributed by atoms with Gasteiger partial charge in [0.25, 0.3) is 0 Å². The van der Waals surface area contributed by atoms with Crippen LogP contribution in [0.2, 0.25) is 0 Å². The van der Waals surface area contributed by atoms with Crippen molar-refractivity contribution >= 4 is 5.69 Å². The fourth-order valence-electron chi connectivity index (χ4n) is 1.94. The van der Waals surface area contributed by atoms with E-state index in [4.69, 9.17) is 10.5 Å². The van der Waals surface area contributed by atoms with Crippen LogP contribution in [-0.2, 0) is 0 Å². The summed E-state index contributed by atoms with van der Waals surface area (Å²) < 4.78 is 5.68. The third-order valence-electron chi connectivity index (χ3n) is 3.10. The number of nitrogens with two attached hydrogens (primary N) is 1. The summed E-state index contributed by atoms with van der Waals surface area (Å²) >= 11 is 0. The van der Waals surface area contributed by atoms with Crippen LogP contribution in [0, 0.1) is 13.8 Å². The predicted molar refractivity (Wildman–Crippen MR) is 77.2 cm³/mol. The number of aliphatic hydroxyl groups excluding tert-OH is 1. The second-order valence-corrected chi connectivity index (χ2v) is 4.72. The van der Waals surface area contributed by atoms with Crippen LogP contribution in [0.15, 0.2) is 42.5 Å². The fourth-order valence-corrected chi connectivity index (χ4v) is 1.94. The molecule has 3 N–H and O–H groups in total. The molecule has 1 atom stereocenters. The van der Waals surface area contributed by atoms with Crippen LogP contribution in [0.25, 0.3) is 0 Å². The Bertz CT molecular complexity index is 566. The zero-order valence-electron chi connectivity index (χ0n) is 11.3. The highest BCUT2D eigenvalue weighted by Crippen LogP contribution is 2.23. The second-order valence-electron chi connectivity index (χ2n) is 4.72. The Morgan fingerprint density at radius 1 is 1.16 bits per heavy atom. The van der Waals surface area contributed by atoms with Gasteiger partial charge >= 0.3 is 0 Å². The van der Waals surface area contributed by atoms with Gasteiger partial charge < -0.3 is 15.6 Å². The highest BCUT2D eigenvalue weighted by molar-refractivity contribution is 5.47. The molecule has 0 fully saturated rings. The summed E-state index contributed by atoms with van der Waals surface area (Å²) in [7, 11) is 0. The first kappa shape index (κ1) is 13.4. The van der Waals surface area contributed by atoms with Crippen LogP contribution >= 0.6 is 0 Å². The summed E-state index contributed by atoms with van der Waals surface area (Å²) in [5.41, 5.74) is 9.30. The van der Waals surface area contributed by atoms with Crippen molar-refractivity contribution in [1.82, 2.24) is 0 Å². The molecule has 0 aliphatic heterocycles. The van der Waals surface area contributed by atoms with Crippen molar-refractivity contribution in [2.45, 2.75) is 20.0 Å². The van der Waals surface area contributed by atoms with Crippen molar-refractivity contribution in [2.75, 3.05) is 12.3 Å². The van der Waals surface area contributed by atoms with Crippen molar-refractivity contribution in [3.63, 3.8) is 0 Å². The van der Waals surface area contributed by atoms with Crippen molar-refractivity contribution in [1.29, 1.82) is 0 Å². The van der Waals surface area contributed by atoms with Gasteiger partial charge in [0.2, 0.25) is 0 Å². The molecule has 0 saturated carbocycles. The summed E-state index contributed by atoms with van der Waals surface area (Å²) in [6.45, 7) is 4.19. The van der Waals surface area contributed by atoms with Gasteiger partial charge in [0.05, 0.1) is 0 Å². The maximum Gasteiger partial charge on any atom is 0.122 e. The minimum absolute atomic E-state index is 0.193. The molecule has 0 aliphatic carbocycles. The van der Waals surface area contributed by atoms with Crippen molar-refractivity contribution in [2.24, 2.45) is 0 Å². The molecule has 2 aromatic carbocycles. The fraction of sp³-hybridized carbons (Fsp3) is 0.250. The summed E-state index contributed by atoms with van der Waals surface area (Å²) in [6, 6.07) is 13.3. The predicted octanol–water partition coefficient (Wildman–Crippen LogP) is 3.00. The lowest BCUT2D eigenvalue weighted by molar-refractivity contribution is 0.108. The van der Waals surface area contributed by atoms with Crippen LogP contribution in [0.3, 0.4) is 0 Å². The summed E-state index contributed by atoms with van der Waals surface area (Å²) in [5.74, 6) is 0.800. The number of ether oxygens (including phenoxy) is 1. The SMILES string of the molecule is Cc1ccc(C)c(OCC(O)c2ccccc2N)c1. The Labute approximate surface area is 113 Å². The number of hydrogen-bond acceptors (Lipinski definition) is 3. The minimum atomic E-state index is -0.721. The molecule has 2 rings (SSSR count). The zero-order chi connectivity index (χ0) is 13.8. The van der Waals surface area contributed by atoms with Gasteiger partial charge in [0, 0.05) is 11.3 Å². The molecule has 100 valence electrons. The number of aryl methyl sites for hydroxylation is 2. The van der Waals surface area contributed by atoms with E-state index in [1.54, 1.807) is 6.07 Å². The molecule has 1 unspecified atom stereocenters. The molecule has 0 radical (unpaired) electrons. The Hall–Kier alpha value is -2.00. The number of nitrogen functional groups attached to an aromatic ring is 1. The van der Waals surface area contributed by atoms with E-state index in [-0.39, 0.29) is 6.61 Å². The molecule has 0 aliphatic rings. The highest BCUT2D eigenvalue weighted by atomic mass is 16.5. The highest BCUT2D eigenvalue weighted by Gasteiger charge is 2.12. The number of benzene rings is 2. The van der Waals surface area contributed by atoms with E-state index in [9.17, 15) is 5.11 Å². The topological polar surface area (TPSA) is 55.5 Å². The first-order valence-corrected chi connectivity index (χ1v) is 6.30. The monoisotopic (exact) mass is 257 g/mol. The molecule has 0 saturated heterocycles. The van der Waals surface area contributed by atoms with Crippen molar-refractivity contribution in [3.8, 4) is 5.75 Å². The number of aliphatic hydroxyl groups is 1. The average molecular weight is 257 g/mol. The van der Waals surface area contributed by atoms with Crippen LogP contribution in [0.1, 0.15) is 22.8 Å². The molecular formula is C16H19NO2. The molecule has 0 amide bonds. The largest absolute Gasteiger partial charge is 0.490 e. The quantitative estimate of drug-likeness (QED) is 0.828. The number of para-hydroxylation sites is 1. The lowest BCUT2D eigenvalue weighted by Gasteiger charge is -2.16. The Kier molecular flexibility index (Phi) is 4.07. The lowest BCUT2D eigenvalue weighted by Crippen LogP contribution is -2.12. The van der Waals surface area contributed by atoms with Gasteiger partial charge in [-0.25, -0.2) is 0 Å². The first-order chi connectivity index (χ1) is 9.08. The molecule has 0 bridgehead atoms. The van der Waals surface area contributed by atoms with Crippen molar-refractivity contribution in [3.05, 3.63) is 59.2 Å². The maximum atomic E-state index is 10.1. The number of rotatable bonds is 4. The summed E-state index contributed by atoms with van der Waals surface area (Å²) in [5, 5.41) is 10.1. The molecule has 19 heavy (non-hydrogen) atoms. The Balaban J connectivity index is 2.06. The molecule has 3 nitrogen and oxygen atoms in total. The number of anilines is 1. The third-order valence-corrected chi connectivity index (χ3v) is 3.10. The molecule has 3 heteroatoms. The molecule has 0 spiro atoms. The summed E-state index contributed by atoms with van der Waals surface area (Å²) in [6.07, 6.45) is -0.721. The molecule has 0 heterocycles. The van der Waals surface area contributed by atoms with E-state index >= 15 is 0 Å². The standard InChI is InChI=1S/C16H19NO2/c1-11-7-8-12(2)16(9-11)19-10-15(18)13-5-3-4-6-14(13)17/h3-9,15,18H,10,17H2,1-2H3. The van der Waals surface area contributed by atoms with Crippen molar-refractivity contribution < 1.29 is 9.84 Å². The van der Waals surface area contributed by atoms with Gasteiger partial charge in [-0.2, -0.15) is 0 Å². The average Bonchev–Trinajstić information content (AvgIpc) is 2.40. The van der Waals surface area contributed by atoms with Gasteiger partial charge in [-0.15, -0.1) is 0 Å². The third kappa shape index (κ3) is 3.26. The smallest absolute Gasteiger partial charge is 0.122 e. The van der Waals surface area contributed by atoms with E-state index in [2.05, 4.69) is 0 Å². The summed E-state index contributed by atoms with van der Waals surface area (Å²) in [4.78, 5) is 0. The molecular weight excluding hydrogens is 238 g/mol. The van der Waals surface area contributed by atoms with E-state index in [0.717, 1.165) is 16.9 Å². The zero-order valence-corrected chi connectivity index (χ0v) is 11.3. The van der Waals surface area contributed by atoms with Gasteiger partial charge in [0.1, 0.15) is 18.5 Å². The maximum absolute atomic E-state index is 10.1. The normalized spacial score (nSPS) is 12.2. The van der Waals surface area contributed by atoms with Crippen LogP contribution in [0.5, 0.6) is 5.75 Å².